The Morgan fingerprint density at radius 2 is 1.80 bits per heavy atom. The average molecular weight is 224 g/mol. The Morgan fingerprint density at radius 1 is 1.20 bits per heavy atom. The van der Waals surface area contributed by atoms with E-state index in [1.165, 1.54) is 5.56 Å². The normalized spacial score (nSPS) is 13.9. The lowest BCUT2D eigenvalue weighted by Crippen LogP contribution is -2.26. The molecule has 0 aliphatic carbocycles. The molecule has 1 nitrogen and oxygen atoms in total. The van der Waals surface area contributed by atoms with E-state index in [4.69, 9.17) is 0 Å². The Bertz CT molecular complexity index is 276. The van der Waals surface area contributed by atoms with Gasteiger partial charge >= 0.3 is 0 Å². The van der Waals surface area contributed by atoms with Gasteiger partial charge in [0, 0.05) is 11.0 Å². The summed E-state index contributed by atoms with van der Waals surface area (Å²) in [6, 6.07) is 10.4. The molecule has 1 rings (SSSR count). The van der Waals surface area contributed by atoms with Gasteiger partial charge in [-0.05, 0) is 11.0 Å². The van der Waals surface area contributed by atoms with Gasteiger partial charge in [-0.15, -0.1) is 0 Å². The van der Waals surface area contributed by atoms with Crippen LogP contribution in [0, 0.1) is 5.41 Å². The Hall–Kier alpha value is -0.470. The molecule has 1 aromatic rings. The van der Waals surface area contributed by atoms with Gasteiger partial charge in [-0.25, -0.2) is 0 Å². The molecule has 0 spiro atoms. The molecule has 0 aliphatic heterocycles. The molecule has 0 amide bonds. The van der Waals surface area contributed by atoms with Crippen molar-refractivity contribution in [3.05, 3.63) is 35.9 Å². The summed E-state index contributed by atoms with van der Waals surface area (Å²) < 4.78 is 0. The van der Waals surface area contributed by atoms with Gasteiger partial charge in [0.1, 0.15) is 0 Å². The Morgan fingerprint density at radius 3 is 2.27 bits per heavy atom. The van der Waals surface area contributed by atoms with Crippen LogP contribution >= 0.6 is 11.8 Å². The van der Waals surface area contributed by atoms with Crippen molar-refractivity contribution in [3.63, 3.8) is 0 Å². The van der Waals surface area contributed by atoms with Crippen molar-refractivity contribution < 1.29 is 5.11 Å². The van der Waals surface area contributed by atoms with Crippen LogP contribution in [-0.2, 0) is 5.75 Å². The Balaban J connectivity index is 2.49. The first-order valence-electron chi connectivity index (χ1n) is 5.30. The molecule has 0 unspecified atom stereocenters. The fourth-order valence-corrected chi connectivity index (χ4v) is 2.54. The Labute approximate surface area is 96.9 Å². The predicted octanol–water partition coefficient (Wildman–Crippen LogP) is 3.33. The van der Waals surface area contributed by atoms with Crippen LogP contribution < -0.4 is 0 Å². The second kappa shape index (κ2) is 5.57. The van der Waals surface area contributed by atoms with Gasteiger partial charge < -0.3 is 5.11 Å². The quantitative estimate of drug-likeness (QED) is 0.846. The molecular weight excluding hydrogens is 204 g/mol. The Kier molecular flexibility index (Phi) is 4.68. The van der Waals surface area contributed by atoms with Crippen LogP contribution in [0.3, 0.4) is 0 Å². The smallest absolute Gasteiger partial charge is 0.0555 e. The predicted molar refractivity (Wildman–Crippen MR) is 68.1 cm³/mol. The van der Waals surface area contributed by atoms with Crippen molar-refractivity contribution in [3.8, 4) is 0 Å². The van der Waals surface area contributed by atoms with Crippen LogP contribution in [0.4, 0.5) is 0 Å². The topological polar surface area (TPSA) is 20.2 Å². The van der Waals surface area contributed by atoms with Crippen molar-refractivity contribution in [2.45, 2.75) is 31.8 Å². The summed E-state index contributed by atoms with van der Waals surface area (Å²) in [5, 5.41) is 9.62. The van der Waals surface area contributed by atoms with Gasteiger partial charge in [0.2, 0.25) is 0 Å². The summed E-state index contributed by atoms with van der Waals surface area (Å²) in [6.45, 7) is 6.77. The van der Waals surface area contributed by atoms with E-state index < -0.39 is 0 Å². The van der Waals surface area contributed by atoms with Crippen LogP contribution in [0.25, 0.3) is 0 Å². The van der Waals surface area contributed by atoms with Crippen molar-refractivity contribution in [2.75, 3.05) is 6.61 Å². The van der Waals surface area contributed by atoms with Gasteiger partial charge in [-0.1, -0.05) is 51.1 Å². The second-order valence-corrected chi connectivity index (χ2v) is 6.02. The first-order valence-corrected chi connectivity index (χ1v) is 6.35. The first kappa shape index (κ1) is 12.6. The van der Waals surface area contributed by atoms with E-state index in [1.807, 2.05) is 17.8 Å². The fraction of sp³-hybridized carbons (Fsp3) is 0.538. The molecule has 0 heterocycles. The number of benzene rings is 1. The van der Waals surface area contributed by atoms with Crippen LogP contribution in [0.2, 0.25) is 0 Å². The first-order chi connectivity index (χ1) is 7.04. The van der Waals surface area contributed by atoms with E-state index >= 15 is 0 Å². The lowest BCUT2D eigenvalue weighted by molar-refractivity contribution is 0.235. The lowest BCUT2D eigenvalue weighted by Gasteiger charge is -2.28. The summed E-state index contributed by atoms with van der Waals surface area (Å²) in [4.78, 5) is 0. The number of aliphatic hydroxyl groups is 1. The van der Waals surface area contributed by atoms with Gasteiger partial charge in [0.25, 0.3) is 0 Å². The summed E-state index contributed by atoms with van der Waals surface area (Å²) in [7, 11) is 0. The molecule has 1 aromatic carbocycles. The summed E-state index contributed by atoms with van der Waals surface area (Å²) in [6.07, 6.45) is 0. The maximum Gasteiger partial charge on any atom is 0.0555 e. The number of aliphatic hydroxyl groups excluding tert-OH is 1. The molecule has 84 valence electrons. The molecule has 0 aliphatic rings. The third kappa shape index (κ3) is 4.27. The molecule has 2 heteroatoms. The van der Waals surface area contributed by atoms with E-state index in [1.54, 1.807) is 0 Å². The van der Waals surface area contributed by atoms with Crippen LogP contribution in [0.15, 0.2) is 30.3 Å². The van der Waals surface area contributed by atoms with Gasteiger partial charge in [0.15, 0.2) is 0 Å². The van der Waals surface area contributed by atoms with Gasteiger partial charge in [-0.2, -0.15) is 11.8 Å². The zero-order valence-electron chi connectivity index (χ0n) is 9.73. The molecule has 0 bridgehead atoms. The maximum absolute atomic E-state index is 9.32. The zero-order valence-corrected chi connectivity index (χ0v) is 10.6. The SMILES string of the molecule is CC(C)(C)[C@@H](CO)SCc1ccccc1. The molecule has 0 aromatic heterocycles. The third-order valence-electron chi connectivity index (χ3n) is 2.43. The highest BCUT2D eigenvalue weighted by molar-refractivity contribution is 7.99. The van der Waals surface area contributed by atoms with Gasteiger partial charge in [-0.3, -0.25) is 0 Å². The molecule has 0 saturated carbocycles. The molecule has 0 saturated heterocycles. The minimum Gasteiger partial charge on any atom is -0.395 e. The fourth-order valence-electron chi connectivity index (χ4n) is 1.35. The summed E-state index contributed by atoms with van der Waals surface area (Å²) >= 11 is 1.83. The standard InChI is InChI=1S/C13H20OS/c1-13(2,3)12(9-14)15-10-11-7-5-4-6-8-11/h4-8,12,14H,9-10H2,1-3H3/t12-/m1/s1. The van der Waals surface area contributed by atoms with E-state index in [2.05, 4.69) is 45.0 Å². The van der Waals surface area contributed by atoms with Crippen LogP contribution in [0.1, 0.15) is 26.3 Å². The van der Waals surface area contributed by atoms with Crippen molar-refractivity contribution in [2.24, 2.45) is 5.41 Å². The molecule has 15 heavy (non-hydrogen) atoms. The van der Waals surface area contributed by atoms with Crippen molar-refractivity contribution in [1.29, 1.82) is 0 Å². The lowest BCUT2D eigenvalue weighted by atomic mass is 9.92. The summed E-state index contributed by atoms with van der Waals surface area (Å²) in [5.41, 5.74) is 1.49. The molecule has 1 N–H and O–H groups in total. The number of hydrogen-bond donors (Lipinski definition) is 1. The highest BCUT2D eigenvalue weighted by Crippen LogP contribution is 2.31. The number of hydrogen-bond acceptors (Lipinski definition) is 2. The van der Waals surface area contributed by atoms with E-state index in [-0.39, 0.29) is 12.0 Å². The van der Waals surface area contributed by atoms with Gasteiger partial charge in [0.05, 0.1) is 6.61 Å². The maximum atomic E-state index is 9.32. The highest BCUT2D eigenvalue weighted by Gasteiger charge is 2.23. The zero-order chi connectivity index (χ0) is 11.3. The molecular formula is C13H20OS. The largest absolute Gasteiger partial charge is 0.395 e. The van der Waals surface area contributed by atoms with Crippen molar-refractivity contribution >= 4 is 11.8 Å². The second-order valence-electron chi connectivity index (χ2n) is 4.83. The highest BCUT2D eigenvalue weighted by atomic mass is 32.2. The minimum absolute atomic E-state index is 0.161. The van der Waals surface area contributed by atoms with E-state index in [0.29, 0.717) is 5.25 Å². The number of thioether (sulfide) groups is 1. The minimum atomic E-state index is 0.161. The summed E-state index contributed by atoms with van der Waals surface area (Å²) in [5.74, 6) is 0.976. The van der Waals surface area contributed by atoms with Crippen molar-refractivity contribution in [1.82, 2.24) is 0 Å². The van der Waals surface area contributed by atoms with E-state index in [0.717, 1.165) is 5.75 Å². The van der Waals surface area contributed by atoms with E-state index in [9.17, 15) is 5.11 Å². The molecule has 0 radical (unpaired) electrons. The third-order valence-corrected chi connectivity index (χ3v) is 4.18. The molecule has 0 fully saturated rings. The monoisotopic (exact) mass is 224 g/mol. The molecule has 1 atom stereocenters. The van der Waals surface area contributed by atoms with Crippen LogP contribution in [-0.4, -0.2) is 17.0 Å². The average Bonchev–Trinajstić information content (AvgIpc) is 2.18. The number of rotatable bonds is 4. The van der Waals surface area contributed by atoms with Crippen LogP contribution in [0.5, 0.6) is 0 Å².